The Labute approximate surface area is 92.0 Å². The van der Waals surface area contributed by atoms with Crippen molar-refractivity contribution in [2.75, 3.05) is 0 Å². The van der Waals surface area contributed by atoms with E-state index in [0.29, 0.717) is 11.1 Å². The van der Waals surface area contributed by atoms with Crippen LogP contribution in [0.2, 0.25) is 0 Å². The molecule has 4 nitrogen and oxygen atoms in total. The van der Waals surface area contributed by atoms with Gasteiger partial charge < -0.3 is 9.15 Å². The summed E-state index contributed by atoms with van der Waals surface area (Å²) in [5.41, 5.74) is 1.25. The van der Waals surface area contributed by atoms with E-state index in [2.05, 4.69) is 0 Å². The largest absolute Gasteiger partial charge is 0.464 e. The first-order valence-electron chi connectivity index (χ1n) is 4.75. The Kier molecular flexibility index (Phi) is 2.61. The van der Waals surface area contributed by atoms with Gasteiger partial charge >= 0.3 is 5.97 Å². The van der Waals surface area contributed by atoms with Crippen LogP contribution in [0.4, 0.5) is 0 Å². The average Bonchev–Trinajstić information content (AvgIpc) is 2.69. The summed E-state index contributed by atoms with van der Waals surface area (Å²) in [5.74, 6) is -0.489. The van der Waals surface area contributed by atoms with Crippen LogP contribution in [-0.4, -0.2) is 5.97 Å². The fraction of sp³-hybridized carbons (Fsp3) is 0.167. The monoisotopic (exact) mass is 215 g/mol. The number of carbonyl (C=O) groups is 1. The third kappa shape index (κ3) is 1.75. The van der Waals surface area contributed by atoms with Crippen LogP contribution in [0.3, 0.4) is 0 Å². The first-order chi connectivity index (χ1) is 7.72. The zero-order valence-electron chi connectivity index (χ0n) is 8.64. The summed E-state index contributed by atoms with van der Waals surface area (Å²) < 4.78 is 10.2. The summed E-state index contributed by atoms with van der Waals surface area (Å²) in [7, 11) is 0. The Hall–Kier alpha value is -2.28. The Morgan fingerprint density at radius 3 is 2.94 bits per heavy atom. The number of nitrogens with zero attached hydrogens (tertiary/aromatic N) is 1. The number of nitriles is 1. The molecule has 0 radical (unpaired) electrons. The number of benzene rings is 1. The van der Waals surface area contributed by atoms with Crippen LogP contribution in [0, 0.1) is 11.3 Å². The van der Waals surface area contributed by atoms with Gasteiger partial charge in [0.2, 0.25) is 6.10 Å². The molecule has 1 aromatic heterocycles. The highest BCUT2D eigenvalue weighted by Gasteiger charge is 2.18. The van der Waals surface area contributed by atoms with Crippen LogP contribution in [0.1, 0.15) is 18.6 Å². The number of ether oxygens (including phenoxy) is 1. The van der Waals surface area contributed by atoms with E-state index in [1.807, 2.05) is 24.3 Å². The minimum atomic E-state index is -0.916. The van der Waals surface area contributed by atoms with Gasteiger partial charge in [-0.05, 0) is 6.07 Å². The summed E-state index contributed by atoms with van der Waals surface area (Å²) >= 11 is 0. The van der Waals surface area contributed by atoms with Gasteiger partial charge in [0.25, 0.3) is 0 Å². The summed E-state index contributed by atoms with van der Waals surface area (Å²) in [6.07, 6.45) is 0.530. The SMILES string of the molecule is CC(=O)OC(C#N)c1coc2ccccc12. The van der Waals surface area contributed by atoms with E-state index in [0.717, 1.165) is 5.39 Å². The fourth-order valence-electron chi connectivity index (χ4n) is 1.53. The molecule has 1 unspecified atom stereocenters. The number of carbonyl (C=O) groups excluding carboxylic acids is 1. The summed E-state index contributed by atoms with van der Waals surface area (Å²) in [5, 5.41) is 9.72. The van der Waals surface area contributed by atoms with Crippen LogP contribution < -0.4 is 0 Å². The lowest BCUT2D eigenvalue weighted by Gasteiger charge is -2.06. The Morgan fingerprint density at radius 1 is 1.50 bits per heavy atom. The molecule has 1 atom stereocenters. The van der Waals surface area contributed by atoms with E-state index in [4.69, 9.17) is 14.4 Å². The topological polar surface area (TPSA) is 63.2 Å². The zero-order valence-corrected chi connectivity index (χ0v) is 8.64. The zero-order chi connectivity index (χ0) is 11.5. The van der Waals surface area contributed by atoms with Gasteiger partial charge in [-0.2, -0.15) is 5.26 Å². The lowest BCUT2D eigenvalue weighted by atomic mass is 10.1. The second kappa shape index (κ2) is 4.07. The molecular weight excluding hydrogens is 206 g/mol. The maximum atomic E-state index is 10.8. The molecule has 4 heteroatoms. The molecule has 0 aliphatic carbocycles. The van der Waals surface area contributed by atoms with Crippen molar-refractivity contribution in [1.29, 1.82) is 5.26 Å². The Morgan fingerprint density at radius 2 is 2.25 bits per heavy atom. The third-order valence-corrected chi connectivity index (χ3v) is 2.19. The van der Waals surface area contributed by atoms with Crippen LogP contribution >= 0.6 is 0 Å². The molecular formula is C12H9NO3. The predicted octanol–water partition coefficient (Wildman–Crippen LogP) is 2.56. The number of hydrogen-bond donors (Lipinski definition) is 0. The lowest BCUT2D eigenvalue weighted by Crippen LogP contribution is -2.05. The summed E-state index contributed by atoms with van der Waals surface area (Å²) in [6, 6.07) is 9.21. The standard InChI is InChI=1S/C12H9NO3/c1-8(14)16-12(6-13)10-7-15-11-5-3-2-4-9(10)11/h2-5,7,12H,1H3. The van der Waals surface area contributed by atoms with E-state index < -0.39 is 12.1 Å². The number of para-hydroxylation sites is 1. The van der Waals surface area contributed by atoms with Crippen LogP contribution in [0.5, 0.6) is 0 Å². The molecule has 16 heavy (non-hydrogen) atoms. The van der Waals surface area contributed by atoms with Crippen molar-refractivity contribution in [3.63, 3.8) is 0 Å². The molecule has 2 rings (SSSR count). The Balaban J connectivity index is 2.46. The van der Waals surface area contributed by atoms with Gasteiger partial charge in [-0.3, -0.25) is 4.79 Å². The van der Waals surface area contributed by atoms with Crippen LogP contribution in [0.15, 0.2) is 34.9 Å². The highest BCUT2D eigenvalue weighted by Crippen LogP contribution is 2.28. The van der Waals surface area contributed by atoms with Crippen LogP contribution in [0.25, 0.3) is 11.0 Å². The van der Waals surface area contributed by atoms with E-state index >= 15 is 0 Å². The van der Waals surface area contributed by atoms with Gasteiger partial charge in [-0.1, -0.05) is 18.2 Å². The average molecular weight is 215 g/mol. The normalized spacial score (nSPS) is 12.0. The molecule has 0 bridgehead atoms. The summed E-state index contributed by atoms with van der Waals surface area (Å²) in [6.45, 7) is 1.27. The first-order valence-corrected chi connectivity index (χ1v) is 4.75. The quantitative estimate of drug-likeness (QED) is 0.722. The molecule has 0 saturated heterocycles. The molecule has 1 aromatic carbocycles. The minimum Gasteiger partial charge on any atom is -0.464 e. The van der Waals surface area contributed by atoms with E-state index in [1.54, 1.807) is 6.07 Å². The van der Waals surface area contributed by atoms with Gasteiger partial charge in [-0.15, -0.1) is 0 Å². The minimum absolute atomic E-state index is 0.489. The molecule has 0 aliphatic heterocycles. The smallest absolute Gasteiger partial charge is 0.304 e. The number of furan rings is 1. The molecule has 2 aromatic rings. The van der Waals surface area contributed by atoms with Gasteiger partial charge in [-0.25, -0.2) is 0 Å². The molecule has 80 valence electrons. The van der Waals surface area contributed by atoms with E-state index in [9.17, 15) is 4.79 Å². The summed E-state index contributed by atoms with van der Waals surface area (Å²) in [4.78, 5) is 10.8. The first kappa shape index (κ1) is 10.2. The molecule has 0 amide bonds. The van der Waals surface area contributed by atoms with Crippen molar-refractivity contribution in [1.82, 2.24) is 0 Å². The maximum Gasteiger partial charge on any atom is 0.304 e. The molecule has 0 N–H and O–H groups in total. The maximum absolute atomic E-state index is 10.8. The molecule has 0 fully saturated rings. The molecule has 0 saturated carbocycles. The lowest BCUT2D eigenvalue weighted by molar-refractivity contribution is -0.144. The van der Waals surface area contributed by atoms with Crippen molar-refractivity contribution < 1.29 is 13.9 Å². The van der Waals surface area contributed by atoms with E-state index in [-0.39, 0.29) is 0 Å². The second-order valence-corrected chi connectivity index (χ2v) is 3.31. The van der Waals surface area contributed by atoms with Crippen molar-refractivity contribution in [3.8, 4) is 6.07 Å². The van der Waals surface area contributed by atoms with Gasteiger partial charge in [0.1, 0.15) is 11.7 Å². The van der Waals surface area contributed by atoms with Crippen molar-refractivity contribution in [3.05, 3.63) is 36.1 Å². The highest BCUT2D eigenvalue weighted by atomic mass is 16.5. The number of rotatable bonds is 2. The fourth-order valence-corrected chi connectivity index (χ4v) is 1.53. The van der Waals surface area contributed by atoms with Crippen molar-refractivity contribution >= 4 is 16.9 Å². The number of fused-ring (bicyclic) bond motifs is 1. The number of esters is 1. The molecule has 0 spiro atoms. The van der Waals surface area contributed by atoms with Gasteiger partial charge in [0.15, 0.2) is 0 Å². The van der Waals surface area contributed by atoms with Crippen molar-refractivity contribution in [2.45, 2.75) is 13.0 Å². The van der Waals surface area contributed by atoms with Crippen LogP contribution in [-0.2, 0) is 9.53 Å². The van der Waals surface area contributed by atoms with E-state index in [1.165, 1.54) is 13.2 Å². The highest BCUT2D eigenvalue weighted by molar-refractivity contribution is 5.82. The second-order valence-electron chi connectivity index (χ2n) is 3.31. The van der Waals surface area contributed by atoms with Gasteiger partial charge in [0.05, 0.1) is 11.8 Å². The van der Waals surface area contributed by atoms with Crippen molar-refractivity contribution in [2.24, 2.45) is 0 Å². The number of hydrogen-bond acceptors (Lipinski definition) is 4. The van der Waals surface area contributed by atoms with Gasteiger partial charge in [0, 0.05) is 12.3 Å². The third-order valence-electron chi connectivity index (χ3n) is 2.19. The Bertz CT molecular complexity index is 565. The predicted molar refractivity (Wildman–Crippen MR) is 56.3 cm³/mol. The molecule has 0 aliphatic rings. The molecule has 1 heterocycles.